The fourth-order valence-corrected chi connectivity index (χ4v) is 2.68. The Labute approximate surface area is 157 Å². The summed E-state index contributed by atoms with van der Waals surface area (Å²) in [5.74, 6) is -0.162. The first kappa shape index (κ1) is 18.2. The number of hydrogen-bond donors (Lipinski definition) is 3. The third-order valence-electron chi connectivity index (χ3n) is 4.13. The van der Waals surface area contributed by atoms with Gasteiger partial charge in [0.15, 0.2) is 0 Å². The van der Waals surface area contributed by atoms with Crippen LogP contribution < -0.4 is 16.4 Å². The fraction of sp³-hybridized carbons (Fsp3) is 0.150. The maximum Gasteiger partial charge on any atom is 0.316 e. The molecule has 3 aromatic rings. The largest absolute Gasteiger partial charge is 0.351 e. The van der Waals surface area contributed by atoms with Crippen LogP contribution in [-0.4, -0.2) is 21.7 Å². The Bertz CT molecular complexity index is 945. The van der Waals surface area contributed by atoms with E-state index in [1.807, 2.05) is 44.3 Å². The van der Waals surface area contributed by atoms with Crippen molar-refractivity contribution in [2.75, 3.05) is 5.32 Å². The molecule has 0 aliphatic carbocycles. The van der Waals surface area contributed by atoms with Gasteiger partial charge in [-0.25, -0.2) is 9.48 Å². The molecule has 1 heterocycles. The van der Waals surface area contributed by atoms with Crippen LogP contribution in [0.2, 0.25) is 0 Å². The number of aryl methyl sites for hydroxylation is 1. The summed E-state index contributed by atoms with van der Waals surface area (Å²) in [4.78, 5) is 23.3. The zero-order chi connectivity index (χ0) is 19.4. The van der Waals surface area contributed by atoms with Gasteiger partial charge in [0.25, 0.3) is 5.91 Å². The summed E-state index contributed by atoms with van der Waals surface area (Å²) in [6.07, 6.45) is 3.71. The van der Waals surface area contributed by atoms with Crippen molar-refractivity contribution in [1.82, 2.24) is 15.1 Å². The molecule has 0 fully saturated rings. The zero-order valence-corrected chi connectivity index (χ0v) is 15.1. The molecule has 0 aliphatic rings. The van der Waals surface area contributed by atoms with Crippen LogP contribution in [-0.2, 0) is 0 Å². The van der Waals surface area contributed by atoms with Crippen molar-refractivity contribution < 1.29 is 9.59 Å². The number of benzene rings is 2. The number of carbonyl (C=O) groups excluding carboxylic acids is 2. The number of nitrogens with two attached hydrogens (primary N) is 1. The molecule has 0 radical (unpaired) electrons. The van der Waals surface area contributed by atoms with Crippen LogP contribution in [0.25, 0.3) is 5.69 Å². The Balaban J connectivity index is 1.64. The number of amides is 3. The highest BCUT2D eigenvalue weighted by Crippen LogP contribution is 2.17. The van der Waals surface area contributed by atoms with E-state index in [1.165, 1.54) is 0 Å². The number of aromatic nitrogens is 2. The van der Waals surface area contributed by atoms with Crippen molar-refractivity contribution in [3.63, 3.8) is 0 Å². The highest BCUT2D eigenvalue weighted by Gasteiger charge is 2.12. The van der Waals surface area contributed by atoms with E-state index in [-0.39, 0.29) is 11.9 Å². The van der Waals surface area contributed by atoms with Crippen molar-refractivity contribution in [3.05, 3.63) is 77.6 Å². The zero-order valence-electron chi connectivity index (χ0n) is 15.1. The molecule has 0 saturated heterocycles. The molecule has 7 nitrogen and oxygen atoms in total. The summed E-state index contributed by atoms with van der Waals surface area (Å²) >= 11 is 0. The molecule has 0 spiro atoms. The second-order valence-electron chi connectivity index (χ2n) is 6.32. The van der Waals surface area contributed by atoms with Crippen LogP contribution in [0.5, 0.6) is 0 Å². The predicted octanol–water partition coefficient (Wildman–Crippen LogP) is 3.16. The van der Waals surface area contributed by atoms with E-state index in [2.05, 4.69) is 15.7 Å². The molecule has 1 aromatic heterocycles. The second kappa shape index (κ2) is 7.74. The number of urea groups is 1. The SMILES string of the molecule is Cc1cnn(-c2ccc(C(=O)NC(C)c3ccc(NC(N)=O)cc3)cc2)c1. The van der Waals surface area contributed by atoms with E-state index >= 15 is 0 Å². The van der Waals surface area contributed by atoms with E-state index in [0.29, 0.717) is 11.3 Å². The van der Waals surface area contributed by atoms with Gasteiger partial charge >= 0.3 is 6.03 Å². The third-order valence-corrected chi connectivity index (χ3v) is 4.13. The van der Waals surface area contributed by atoms with Gasteiger partial charge in [-0.05, 0) is 61.4 Å². The maximum absolute atomic E-state index is 12.5. The summed E-state index contributed by atoms with van der Waals surface area (Å²) in [6, 6.07) is 13.6. The molecule has 3 amide bonds. The number of primary amides is 1. The Morgan fingerprint density at radius 3 is 2.30 bits per heavy atom. The van der Waals surface area contributed by atoms with E-state index in [9.17, 15) is 9.59 Å². The molecule has 1 unspecified atom stereocenters. The minimum atomic E-state index is -0.613. The number of hydrogen-bond acceptors (Lipinski definition) is 3. The number of nitrogens with one attached hydrogen (secondary N) is 2. The van der Waals surface area contributed by atoms with Crippen molar-refractivity contribution in [1.29, 1.82) is 0 Å². The van der Waals surface area contributed by atoms with Gasteiger partial charge < -0.3 is 16.4 Å². The first-order valence-electron chi connectivity index (χ1n) is 8.51. The van der Waals surface area contributed by atoms with Crippen LogP contribution in [0.1, 0.15) is 34.5 Å². The third kappa shape index (κ3) is 4.52. The normalized spacial score (nSPS) is 11.6. The van der Waals surface area contributed by atoms with Gasteiger partial charge in [-0.1, -0.05) is 12.1 Å². The Morgan fingerprint density at radius 1 is 1.07 bits per heavy atom. The van der Waals surface area contributed by atoms with Crippen LogP contribution in [0.15, 0.2) is 60.9 Å². The molecule has 138 valence electrons. The first-order chi connectivity index (χ1) is 12.9. The molecule has 1 atom stereocenters. The van der Waals surface area contributed by atoms with Crippen LogP contribution in [0.4, 0.5) is 10.5 Å². The number of nitrogens with zero attached hydrogens (tertiary/aromatic N) is 2. The lowest BCUT2D eigenvalue weighted by molar-refractivity contribution is 0.0940. The molecular weight excluding hydrogens is 342 g/mol. The van der Waals surface area contributed by atoms with E-state index in [0.717, 1.165) is 16.8 Å². The number of carbonyl (C=O) groups is 2. The summed E-state index contributed by atoms with van der Waals surface area (Å²) in [7, 11) is 0. The molecule has 0 bridgehead atoms. The topological polar surface area (TPSA) is 102 Å². The smallest absolute Gasteiger partial charge is 0.316 e. The van der Waals surface area contributed by atoms with Gasteiger partial charge in [-0.2, -0.15) is 5.10 Å². The van der Waals surface area contributed by atoms with Crippen LogP contribution in [0.3, 0.4) is 0 Å². The molecule has 7 heteroatoms. The van der Waals surface area contributed by atoms with E-state index in [4.69, 9.17) is 5.73 Å². The minimum absolute atomic E-state index is 0.162. The summed E-state index contributed by atoms with van der Waals surface area (Å²) in [6.45, 7) is 3.87. The Morgan fingerprint density at radius 2 is 1.74 bits per heavy atom. The summed E-state index contributed by atoms with van der Waals surface area (Å²) in [5.41, 5.74) is 9.15. The van der Waals surface area contributed by atoms with Gasteiger partial charge in [0.05, 0.1) is 17.9 Å². The van der Waals surface area contributed by atoms with E-state index in [1.54, 1.807) is 35.1 Å². The molecule has 0 aliphatic heterocycles. The first-order valence-corrected chi connectivity index (χ1v) is 8.51. The molecule has 27 heavy (non-hydrogen) atoms. The standard InChI is InChI=1S/C20H21N5O2/c1-13-11-22-25(12-13)18-9-5-16(6-10-18)19(26)23-14(2)15-3-7-17(8-4-15)24-20(21)27/h3-12,14H,1-2H3,(H,23,26)(H3,21,24,27). The van der Waals surface area contributed by atoms with Crippen LogP contribution in [0, 0.1) is 6.92 Å². The van der Waals surface area contributed by atoms with Gasteiger partial charge in [0.1, 0.15) is 0 Å². The van der Waals surface area contributed by atoms with Gasteiger partial charge in [-0.15, -0.1) is 0 Å². The van der Waals surface area contributed by atoms with Crippen molar-refractivity contribution >= 4 is 17.6 Å². The Kier molecular flexibility index (Phi) is 5.21. The predicted molar refractivity (Wildman–Crippen MR) is 104 cm³/mol. The second-order valence-corrected chi connectivity index (χ2v) is 6.32. The average molecular weight is 363 g/mol. The monoisotopic (exact) mass is 363 g/mol. The number of anilines is 1. The lowest BCUT2D eigenvalue weighted by Crippen LogP contribution is -2.26. The quantitative estimate of drug-likeness (QED) is 0.649. The summed E-state index contributed by atoms with van der Waals surface area (Å²) < 4.78 is 1.77. The Hall–Kier alpha value is -3.61. The maximum atomic E-state index is 12.5. The molecule has 4 N–H and O–H groups in total. The highest BCUT2D eigenvalue weighted by molar-refractivity contribution is 5.94. The lowest BCUT2D eigenvalue weighted by atomic mass is 10.1. The molecule has 0 saturated carbocycles. The number of rotatable bonds is 5. The molecular formula is C20H21N5O2. The van der Waals surface area contributed by atoms with Crippen molar-refractivity contribution in [2.45, 2.75) is 19.9 Å². The fourth-order valence-electron chi connectivity index (χ4n) is 2.68. The molecule has 3 rings (SSSR count). The van der Waals surface area contributed by atoms with Crippen molar-refractivity contribution in [3.8, 4) is 5.69 Å². The van der Waals surface area contributed by atoms with Gasteiger partial charge in [0.2, 0.25) is 0 Å². The summed E-state index contributed by atoms with van der Waals surface area (Å²) in [5, 5.41) is 9.72. The van der Waals surface area contributed by atoms with Crippen LogP contribution >= 0.6 is 0 Å². The van der Waals surface area contributed by atoms with Gasteiger partial charge in [0, 0.05) is 17.4 Å². The van der Waals surface area contributed by atoms with E-state index < -0.39 is 6.03 Å². The van der Waals surface area contributed by atoms with Gasteiger partial charge in [-0.3, -0.25) is 4.79 Å². The molecule has 2 aromatic carbocycles. The average Bonchev–Trinajstić information content (AvgIpc) is 3.08. The minimum Gasteiger partial charge on any atom is -0.351 e. The lowest BCUT2D eigenvalue weighted by Gasteiger charge is -2.15. The van der Waals surface area contributed by atoms with Crippen molar-refractivity contribution in [2.24, 2.45) is 5.73 Å². The highest BCUT2D eigenvalue weighted by atomic mass is 16.2.